The largest absolute Gasteiger partial charge is 0.478 e. The lowest BCUT2D eigenvalue weighted by atomic mass is 10.1. The lowest BCUT2D eigenvalue weighted by molar-refractivity contribution is -0.115. The Kier molecular flexibility index (Phi) is 4.82. The summed E-state index contributed by atoms with van der Waals surface area (Å²) in [6, 6.07) is 13.8. The summed E-state index contributed by atoms with van der Waals surface area (Å²) < 4.78 is 0.958. The number of thioether (sulfide) groups is 1. The third kappa shape index (κ3) is 3.93. The highest BCUT2D eigenvalue weighted by Gasteiger charge is 2.23. The van der Waals surface area contributed by atoms with Crippen LogP contribution < -0.4 is 5.32 Å². The topological polar surface area (TPSA) is 78.8 Å². The maximum atomic E-state index is 12.0. The van der Waals surface area contributed by atoms with Crippen molar-refractivity contribution in [3.8, 4) is 0 Å². The lowest BCUT2D eigenvalue weighted by Gasteiger charge is -1.97. The number of nitrogens with zero attached hydrogens (tertiary/aromatic N) is 1. The summed E-state index contributed by atoms with van der Waals surface area (Å²) in [7, 11) is 0. The van der Waals surface area contributed by atoms with Gasteiger partial charge in [-0.15, -0.1) is 0 Å². The lowest BCUT2D eigenvalue weighted by Crippen LogP contribution is -2.19. The number of amides is 1. The number of rotatable bonds is 3. The monoisotopic (exact) mass is 402 g/mol. The van der Waals surface area contributed by atoms with Crippen molar-refractivity contribution in [3.63, 3.8) is 0 Å². The van der Waals surface area contributed by atoms with E-state index in [2.05, 4.69) is 26.2 Å². The number of aromatic carboxylic acids is 1. The molecule has 1 saturated heterocycles. The van der Waals surface area contributed by atoms with Crippen LogP contribution in [0.2, 0.25) is 0 Å². The van der Waals surface area contributed by atoms with E-state index >= 15 is 0 Å². The standard InChI is InChI=1S/C17H11BrN2O3S/c18-12-5-7-13(8-6-12)19-17-20-15(21)14(24-17)9-10-1-3-11(4-2-10)16(22)23/h1-9H,(H,22,23)(H,19,20,21)/b14-9-. The Hall–Kier alpha value is -2.38. The predicted octanol–water partition coefficient (Wildman–Crippen LogP) is 4.04. The van der Waals surface area contributed by atoms with Crippen LogP contribution in [0.5, 0.6) is 0 Å². The van der Waals surface area contributed by atoms with E-state index in [0.29, 0.717) is 10.1 Å². The van der Waals surface area contributed by atoms with Crippen LogP contribution in [0.1, 0.15) is 15.9 Å². The Bertz CT molecular complexity index is 858. The highest BCUT2D eigenvalue weighted by Crippen LogP contribution is 2.28. The second-order valence-electron chi connectivity index (χ2n) is 4.89. The van der Waals surface area contributed by atoms with E-state index in [4.69, 9.17) is 5.11 Å². The molecular formula is C17H11BrN2O3S. The molecule has 0 aromatic heterocycles. The molecule has 2 aromatic rings. The second kappa shape index (κ2) is 7.02. The molecule has 1 amide bonds. The number of carboxylic acids is 1. The zero-order valence-electron chi connectivity index (χ0n) is 12.2. The van der Waals surface area contributed by atoms with Crippen LogP contribution in [0.25, 0.3) is 6.08 Å². The Morgan fingerprint density at radius 3 is 2.42 bits per heavy atom. The highest BCUT2D eigenvalue weighted by atomic mass is 79.9. The fourth-order valence-electron chi connectivity index (χ4n) is 1.99. The van der Waals surface area contributed by atoms with Crippen molar-refractivity contribution in [2.75, 3.05) is 0 Å². The second-order valence-corrected chi connectivity index (χ2v) is 6.83. The van der Waals surface area contributed by atoms with E-state index in [9.17, 15) is 9.59 Å². The third-order valence-electron chi connectivity index (χ3n) is 3.16. The van der Waals surface area contributed by atoms with Crippen LogP contribution >= 0.6 is 27.7 Å². The number of halogens is 1. The molecular weight excluding hydrogens is 392 g/mol. The van der Waals surface area contributed by atoms with Crippen molar-refractivity contribution >= 4 is 56.5 Å². The van der Waals surface area contributed by atoms with Crippen LogP contribution in [-0.4, -0.2) is 22.2 Å². The SMILES string of the molecule is O=C1NC(=Nc2ccc(Br)cc2)S/C1=C\c1ccc(C(=O)O)cc1. The van der Waals surface area contributed by atoms with Gasteiger partial charge in [-0.2, -0.15) is 0 Å². The smallest absolute Gasteiger partial charge is 0.335 e. The fraction of sp³-hybridized carbons (Fsp3) is 0. The number of aliphatic imine (C=N–C) groups is 1. The predicted molar refractivity (Wildman–Crippen MR) is 98.3 cm³/mol. The molecule has 5 nitrogen and oxygen atoms in total. The minimum Gasteiger partial charge on any atom is -0.478 e. The van der Waals surface area contributed by atoms with E-state index in [1.807, 2.05) is 24.3 Å². The molecule has 0 bridgehead atoms. The van der Waals surface area contributed by atoms with Crippen LogP contribution in [0.3, 0.4) is 0 Å². The zero-order valence-corrected chi connectivity index (χ0v) is 14.6. The third-order valence-corrected chi connectivity index (χ3v) is 4.60. The van der Waals surface area contributed by atoms with Gasteiger partial charge in [0.2, 0.25) is 0 Å². The van der Waals surface area contributed by atoms with Gasteiger partial charge < -0.3 is 10.4 Å². The van der Waals surface area contributed by atoms with Gasteiger partial charge in [-0.3, -0.25) is 4.79 Å². The number of carboxylic acid groups (broad SMARTS) is 1. The first-order valence-corrected chi connectivity index (χ1v) is 8.51. The van der Waals surface area contributed by atoms with Gasteiger partial charge in [0.15, 0.2) is 5.17 Å². The average molecular weight is 403 g/mol. The van der Waals surface area contributed by atoms with Crippen molar-refractivity contribution in [2.24, 2.45) is 4.99 Å². The number of hydrogen-bond donors (Lipinski definition) is 2. The quantitative estimate of drug-likeness (QED) is 0.759. The molecule has 2 N–H and O–H groups in total. The molecule has 0 radical (unpaired) electrons. The van der Waals surface area contributed by atoms with Crippen molar-refractivity contribution in [1.29, 1.82) is 0 Å². The fourth-order valence-corrected chi connectivity index (χ4v) is 3.09. The molecule has 3 rings (SSSR count). The normalized spacial score (nSPS) is 17.3. The minimum absolute atomic E-state index is 0.207. The molecule has 1 aliphatic heterocycles. The average Bonchev–Trinajstić information content (AvgIpc) is 2.89. The maximum absolute atomic E-state index is 12.0. The molecule has 2 aromatic carbocycles. The molecule has 120 valence electrons. The van der Waals surface area contributed by atoms with Gasteiger partial charge >= 0.3 is 5.97 Å². The summed E-state index contributed by atoms with van der Waals surface area (Å²) in [4.78, 5) is 27.8. The molecule has 24 heavy (non-hydrogen) atoms. The molecule has 0 unspecified atom stereocenters. The van der Waals surface area contributed by atoms with Crippen LogP contribution in [-0.2, 0) is 4.79 Å². The zero-order chi connectivity index (χ0) is 17.1. The first kappa shape index (κ1) is 16.5. The Balaban J connectivity index is 1.79. The molecule has 0 spiro atoms. The summed E-state index contributed by atoms with van der Waals surface area (Å²) in [5.41, 5.74) is 1.70. The summed E-state index contributed by atoms with van der Waals surface area (Å²) in [6.07, 6.45) is 1.70. The van der Waals surface area contributed by atoms with Gasteiger partial charge in [-0.1, -0.05) is 28.1 Å². The Morgan fingerprint density at radius 2 is 1.79 bits per heavy atom. The molecule has 1 fully saturated rings. The highest BCUT2D eigenvalue weighted by molar-refractivity contribution is 9.10. The van der Waals surface area contributed by atoms with Gasteiger partial charge in [0.1, 0.15) is 0 Å². The van der Waals surface area contributed by atoms with Crippen LogP contribution in [0.15, 0.2) is 62.9 Å². The van der Waals surface area contributed by atoms with Crippen LogP contribution in [0.4, 0.5) is 5.69 Å². The molecule has 0 atom stereocenters. The van der Waals surface area contributed by atoms with Crippen molar-refractivity contribution in [1.82, 2.24) is 5.32 Å². The summed E-state index contributed by atoms with van der Waals surface area (Å²) in [5.74, 6) is -1.20. The van der Waals surface area contributed by atoms with Gasteiger partial charge in [-0.25, -0.2) is 9.79 Å². The molecule has 1 heterocycles. The first-order chi connectivity index (χ1) is 11.5. The summed E-state index contributed by atoms with van der Waals surface area (Å²) >= 11 is 4.60. The molecule has 1 aliphatic rings. The van der Waals surface area contributed by atoms with Gasteiger partial charge in [0.25, 0.3) is 5.91 Å². The van der Waals surface area contributed by atoms with E-state index in [1.165, 1.54) is 23.9 Å². The van der Waals surface area contributed by atoms with Gasteiger partial charge in [0.05, 0.1) is 16.2 Å². The number of carbonyl (C=O) groups is 2. The summed E-state index contributed by atoms with van der Waals surface area (Å²) in [5, 5.41) is 12.1. The number of hydrogen-bond acceptors (Lipinski definition) is 4. The molecule has 0 saturated carbocycles. The van der Waals surface area contributed by atoms with Gasteiger partial charge in [-0.05, 0) is 59.8 Å². The Labute approximate surface area is 150 Å². The number of benzene rings is 2. The Morgan fingerprint density at radius 1 is 1.12 bits per heavy atom. The van der Waals surface area contributed by atoms with E-state index in [0.717, 1.165) is 15.7 Å². The van der Waals surface area contributed by atoms with Crippen LogP contribution in [0, 0.1) is 0 Å². The summed E-state index contributed by atoms with van der Waals surface area (Å²) in [6.45, 7) is 0. The van der Waals surface area contributed by atoms with Crippen molar-refractivity contribution in [2.45, 2.75) is 0 Å². The molecule has 7 heteroatoms. The van der Waals surface area contributed by atoms with Crippen molar-refractivity contribution < 1.29 is 14.7 Å². The molecule has 0 aliphatic carbocycles. The minimum atomic E-state index is -0.980. The van der Waals surface area contributed by atoms with E-state index in [-0.39, 0.29) is 11.5 Å². The number of nitrogens with one attached hydrogen (secondary N) is 1. The van der Waals surface area contributed by atoms with Gasteiger partial charge in [0, 0.05) is 4.47 Å². The van der Waals surface area contributed by atoms with Crippen molar-refractivity contribution in [3.05, 3.63) is 69.0 Å². The number of carbonyl (C=O) groups excluding carboxylic acids is 1. The number of amidine groups is 1. The first-order valence-electron chi connectivity index (χ1n) is 6.90. The van der Waals surface area contributed by atoms with E-state index < -0.39 is 5.97 Å². The maximum Gasteiger partial charge on any atom is 0.335 e. The van der Waals surface area contributed by atoms with E-state index in [1.54, 1.807) is 18.2 Å².